The molecule has 0 saturated carbocycles. The van der Waals surface area contributed by atoms with Crippen molar-refractivity contribution < 1.29 is 14.6 Å². The van der Waals surface area contributed by atoms with E-state index in [1.807, 2.05) is 0 Å². The van der Waals surface area contributed by atoms with Crippen LogP contribution in [0.5, 0.6) is 11.5 Å². The zero-order valence-corrected chi connectivity index (χ0v) is 10.2. The minimum Gasteiger partial charge on any atom is -0.550 e. The predicted octanol–water partition coefficient (Wildman–Crippen LogP) is 2.42. The van der Waals surface area contributed by atoms with Crippen LogP contribution in [-0.4, -0.2) is 5.97 Å². The molecule has 0 saturated heterocycles. The highest BCUT2D eigenvalue weighted by Crippen LogP contribution is 2.23. The molecule has 0 spiro atoms. The van der Waals surface area contributed by atoms with Gasteiger partial charge < -0.3 is 14.6 Å². The molecule has 0 bridgehead atoms. The Labute approximate surface area is 110 Å². The number of carboxylic acids is 1. The van der Waals surface area contributed by atoms with E-state index in [0.29, 0.717) is 22.1 Å². The lowest BCUT2D eigenvalue weighted by Crippen LogP contribution is -2.24. The summed E-state index contributed by atoms with van der Waals surface area (Å²) >= 11 is 5.77. The fraction of sp³-hybridized carbons (Fsp3) is 0.0714. The molecule has 4 heteroatoms. The molecule has 0 atom stereocenters. The maximum Gasteiger partial charge on any atom is 0.127 e. The van der Waals surface area contributed by atoms with E-state index in [2.05, 4.69) is 0 Å². The summed E-state index contributed by atoms with van der Waals surface area (Å²) in [6.07, 6.45) is -0.127. The molecule has 18 heavy (non-hydrogen) atoms. The van der Waals surface area contributed by atoms with Crippen LogP contribution < -0.4 is 9.84 Å². The molecule has 3 nitrogen and oxygen atoms in total. The molecule has 0 radical (unpaired) electrons. The summed E-state index contributed by atoms with van der Waals surface area (Å²) in [6.45, 7) is 0. The van der Waals surface area contributed by atoms with E-state index in [-0.39, 0.29) is 6.42 Å². The average Bonchev–Trinajstić information content (AvgIpc) is 2.32. The molecular weight excluding hydrogens is 252 g/mol. The molecule has 0 aliphatic carbocycles. The minimum atomic E-state index is -1.11. The largest absolute Gasteiger partial charge is 0.550 e. The van der Waals surface area contributed by atoms with Crippen molar-refractivity contribution in [1.29, 1.82) is 0 Å². The van der Waals surface area contributed by atoms with Gasteiger partial charge in [-0.05, 0) is 42.0 Å². The molecule has 2 aromatic rings. The van der Waals surface area contributed by atoms with Gasteiger partial charge in [0.2, 0.25) is 0 Å². The second kappa shape index (κ2) is 5.56. The molecule has 0 unspecified atom stereocenters. The highest BCUT2D eigenvalue weighted by molar-refractivity contribution is 6.30. The fourth-order valence-corrected chi connectivity index (χ4v) is 1.65. The molecule has 0 heterocycles. The quantitative estimate of drug-likeness (QED) is 0.849. The number of carboxylic acid groups (broad SMARTS) is 1. The lowest BCUT2D eigenvalue weighted by molar-refractivity contribution is -0.304. The summed E-state index contributed by atoms with van der Waals surface area (Å²) in [7, 11) is 0. The van der Waals surface area contributed by atoms with Crippen LogP contribution in [0.15, 0.2) is 48.5 Å². The van der Waals surface area contributed by atoms with Crippen LogP contribution >= 0.6 is 11.6 Å². The standard InChI is InChI=1S/C14H11ClO3/c15-11-4-6-12(7-5-11)18-13-3-1-2-10(8-13)9-14(16)17/h1-8H,9H2,(H,16,17)/p-1. The zero-order chi connectivity index (χ0) is 13.0. The van der Waals surface area contributed by atoms with Crippen molar-refractivity contribution in [3.05, 3.63) is 59.1 Å². The van der Waals surface area contributed by atoms with Crippen LogP contribution in [0.4, 0.5) is 0 Å². The Kier molecular flexibility index (Phi) is 3.85. The van der Waals surface area contributed by atoms with Gasteiger partial charge in [0.15, 0.2) is 0 Å². The highest BCUT2D eigenvalue weighted by atomic mass is 35.5. The second-order valence-electron chi connectivity index (χ2n) is 3.75. The average molecular weight is 262 g/mol. The number of carbonyl (C=O) groups excluding carboxylic acids is 1. The van der Waals surface area contributed by atoms with Gasteiger partial charge in [0.1, 0.15) is 11.5 Å². The monoisotopic (exact) mass is 261 g/mol. The van der Waals surface area contributed by atoms with Gasteiger partial charge in [-0.2, -0.15) is 0 Å². The van der Waals surface area contributed by atoms with E-state index < -0.39 is 5.97 Å². The van der Waals surface area contributed by atoms with Gasteiger partial charge >= 0.3 is 0 Å². The number of benzene rings is 2. The fourth-order valence-electron chi connectivity index (χ4n) is 1.52. The number of aliphatic carboxylic acids is 1. The zero-order valence-electron chi connectivity index (χ0n) is 9.43. The topological polar surface area (TPSA) is 49.4 Å². The normalized spacial score (nSPS) is 10.1. The number of hydrogen-bond acceptors (Lipinski definition) is 3. The van der Waals surface area contributed by atoms with Crippen LogP contribution in [0.25, 0.3) is 0 Å². The van der Waals surface area contributed by atoms with Crippen LogP contribution in [0.3, 0.4) is 0 Å². The first kappa shape index (κ1) is 12.5. The van der Waals surface area contributed by atoms with E-state index >= 15 is 0 Å². The van der Waals surface area contributed by atoms with Gasteiger partial charge in [-0.15, -0.1) is 0 Å². The second-order valence-corrected chi connectivity index (χ2v) is 4.19. The first-order valence-corrected chi connectivity index (χ1v) is 5.73. The summed E-state index contributed by atoms with van der Waals surface area (Å²) in [6, 6.07) is 13.8. The smallest absolute Gasteiger partial charge is 0.127 e. The van der Waals surface area contributed by atoms with Crippen molar-refractivity contribution in [2.45, 2.75) is 6.42 Å². The summed E-state index contributed by atoms with van der Waals surface area (Å²) < 4.78 is 5.58. The number of rotatable bonds is 4. The lowest BCUT2D eigenvalue weighted by Gasteiger charge is -2.08. The molecule has 92 valence electrons. The third-order valence-electron chi connectivity index (χ3n) is 2.30. The van der Waals surface area contributed by atoms with Gasteiger partial charge in [-0.1, -0.05) is 23.7 Å². The molecule has 2 aromatic carbocycles. The van der Waals surface area contributed by atoms with Gasteiger partial charge in [0, 0.05) is 17.4 Å². The van der Waals surface area contributed by atoms with Gasteiger partial charge in [0.05, 0.1) is 0 Å². The third kappa shape index (κ3) is 3.50. The predicted molar refractivity (Wildman–Crippen MR) is 66.7 cm³/mol. The maximum atomic E-state index is 10.5. The van der Waals surface area contributed by atoms with Crippen molar-refractivity contribution in [2.75, 3.05) is 0 Å². The Morgan fingerprint density at radius 3 is 2.50 bits per heavy atom. The molecule has 0 aliphatic heterocycles. The van der Waals surface area contributed by atoms with Gasteiger partial charge in [-0.3, -0.25) is 0 Å². The van der Waals surface area contributed by atoms with E-state index in [0.717, 1.165) is 0 Å². The molecule has 0 aromatic heterocycles. The molecular formula is C14H10ClO3-. The Bertz CT molecular complexity index is 549. The van der Waals surface area contributed by atoms with Crippen molar-refractivity contribution >= 4 is 17.6 Å². The Balaban J connectivity index is 2.13. The minimum absolute atomic E-state index is 0.127. The van der Waals surface area contributed by atoms with Gasteiger partial charge in [-0.25, -0.2) is 0 Å². The van der Waals surface area contributed by atoms with E-state index in [1.165, 1.54) is 0 Å². The number of carbonyl (C=O) groups is 1. The summed E-state index contributed by atoms with van der Waals surface area (Å²) in [5.74, 6) is 0.111. The molecule has 2 rings (SSSR count). The van der Waals surface area contributed by atoms with Crippen molar-refractivity contribution in [2.24, 2.45) is 0 Å². The van der Waals surface area contributed by atoms with Crippen molar-refractivity contribution in [3.63, 3.8) is 0 Å². The van der Waals surface area contributed by atoms with Crippen molar-refractivity contribution in [1.82, 2.24) is 0 Å². The SMILES string of the molecule is O=C([O-])Cc1cccc(Oc2ccc(Cl)cc2)c1. The highest BCUT2D eigenvalue weighted by Gasteiger charge is 2.00. The Morgan fingerprint density at radius 1 is 1.11 bits per heavy atom. The molecule has 0 amide bonds. The first-order valence-electron chi connectivity index (χ1n) is 5.36. The van der Waals surface area contributed by atoms with Gasteiger partial charge in [0.25, 0.3) is 0 Å². The number of hydrogen-bond donors (Lipinski definition) is 0. The first-order chi connectivity index (χ1) is 8.63. The molecule has 0 N–H and O–H groups in total. The summed E-state index contributed by atoms with van der Waals surface area (Å²) in [5, 5.41) is 11.1. The molecule has 0 aliphatic rings. The summed E-state index contributed by atoms with van der Waals surface area (Å²) in [4.78, 5) is 10.5. The Morgan fingerprint density at radius 2 is 1.83 bits per heavy atom. The maximum absolute atomic E-state index is 10.5. The summed E-state index contributed by atoms with van der Waals surface area (Å²) in [5.41, 5.74) is 0.640. The molecule has 0 fully saturated rings. The van der Waals surface area contributed by atoms with E-state index in [4.69, 9.17) is 16.3 Å². The van der Waals surface area contributed by atoms with Crippen LogP contribution in [-0.2, 0) is 11.2 Å². The van der Waals surface area contributed by atoms with E-state index in [9.17, 15) is 9.90 Å². The van der Waals surface area contributed by atoms with Crippen LogP contribution in [0.1, 0.15) is 5.56 Å². The van der Waals surface area contributed by atoms with E-state index in [1.54, 1.807) is 48.5 Å². The Hall–Kier alpha value is -2.00. The number of halogens is 1. The van der Waals surface area contributed by atoms with Crippen molar-refractivity contribution in [3.8, 4) is 11.5 Å². The lowest BCUT2D eigenvalue weighted by atomic mass is 10.1. The van der Waals surface area contributed by atoms with Crippen LogP contribution in [0, 0.1) is 0 Å². The third-order valence-corrected chi connectivity index (χ3v) is 2.55. The number of ether oxygens (including phenoxy) is 1. The van der Waals surface area contributed by atoms with Crippen LogP contribution in [0.2, 0.25) is 5.02 Å².